The van der Waals surface area contributed by atoms with Crippen LogP contribution >= 0.6 is 0 Å². The van der Waals surface area contributed by atoms with Crippen LogP contribution in [-0.4, -0.2) is 162 Å². The number of likely N-dealkylation sites (tertiary alicyclic amines) is 2. The van der Waals surface area contributed by atoms with E-state index >= 15 is 0 Å². The number of Topliss-reactive ketones (excluding diaryl/α,β-unsaturated/α-hetero) is 1. The van der Waals surface area contributed by atoms with Crippen molar-refractivity contribution in [1.82, 2.24) is 46.2 Å². The lowest BCUT2D eigenvalue weighted by atomic mass is 9.85. The number of likely N-dealkylation sites (N-methyl/N-ethyl adjacent to an activating group) is 2. The number of hydrogen-bond acceptors (Lipinski definition) is 10. The van der Waals surface area contributed by atoms with Gasteiger partial charge < -0.3 is 46.2 Å². The zero-order valence-corrected chi connectivity index (χ0v) is 47.6. The van der Waals surface area contributed by atoms with E-state index in [1.807, 2.05) is 41.5 Å². The van der Waals surface area contributed by atoms with E-state index in [9.17, 15) is 47.1 Å². The van der Waals surface area contributed by atoms with Gasteiger partial charge in [-0.3, -0.25) is 38.4 Å². The fourth-order valence-electron chi connectivity index (χ4n) is 10.0. The Morgan fingerprint density at radius 3 is 1.38 bits per heavy atom. The van der Waals surface area contributed by atoms with E-state index in [0.29, 0.717) is 44.3 Å². The van der Waals surface area contributed by atoms with Crippen molar-refractivity contribution in [3.63, 3.8) is 0 Å². The maximum Gasteiger partial charge on any atom is 0.251 e. The number of nitrogens with zero attached hydrogens (tertiary/aromatic N) is 4. The lowest BCUT2D eigenvalue weighted by Crippen LogP contribution is -2.59. The summed E-state index contributed by atoms with van der Waals surface area (Å²) in [6.07, 6.45) is 1.65. The highest BCUT2D eigenvalue weighted by Gasteiger charge is 2.45. The topological polar surface area (TPSA) is 210 Å². The minimum Gasteiger partial charge on any atom is -0.347 e. The molecule has 426 valence electrons. The first kappa shape index (κ1) is 62.2. The summed E-state index contributed by atoms with van der Waals surface area (Å²) in [5.74, 6) is -3.53. The number of amides is 7. The van der Waals surface area contributed by atoms with Gasteiger partial charge in [0.05, 0.1) is 18.1 Å². The fraction of sp³-hybridized carbons (Fsp3) is 0.559. The number of benzene rings is 3. The molecule has 5 N–H and O–H groups in total. The van der Waals surface area contributed by atoms with E-state index in [1.165, 1.54) is 38.1 Å². The lowest BCUT2D eigenvalue weighted by molar-refractivity contribution is -0.142. The van der Waals surface area contributed by atoms with Gasteiger partial charge in [-0.2, -0.15) is 0 Å². The molecule has 2 aliphatic heterocycles. The first-order valence-electron chi connectivity index (χ1n) is 27.1. The molecule has 5 rings (SSSR count). The van der Waals surface area contributed by atoms with E-state index in [4.69, 9.17) is 0 Å². The number of halogens is 2. The van der Waals surface area contributed by atoms with Crippen molar-refractivity contribution in [2.24, 2.45) is 16.7 Å². The Kier molecular flexibility index (Phi) is 21.8. The van der Waals surface area contributed by atoms with E-state index in [0.717, 1.165) is 11.1 Å². The van der Waals surface area contributed by atoms with E-state index in [-0.39, 0.29) is 96.9 Å². The van der Waals surface area contributed by atoms with Crippen LogP contribution in [0.3, 0.4) is 0 Å². The van der Waals surface area contributed by atoms with Gasteiger partial charge >= 0.3 is 0 Å². The molecule has 0 radical (unpaired) electrons. The van der Waals surface area contributed by atoms with Crippen LogP contribution in [0.4, 0.5) is 8.78 Å². The summed E-state index contributed by atoms with van der Waals surface area (Å²) < 4.78 is 27.4. The fourth-order valence-corrected chi connectivity index (χ4v) is 10.0. The zero-order valence-electron chi connectivity index (χ0n) is 47.6. The Balaban J connectivity index is 1.33. The highest BCUT2D eigenvalue weighted by atomic mass is 19.1. The number of nitrogens with one attached hydrogen (secondary N) is 5. The second kappa shape index (κ2) is 27.3. The van der Waals surface area contributed by atoms with Crippen LogP contribution in [0.1, 0.15) is 120 Å². The van der Waals surface area contributed by atoms with Crippen molar-refractivity contribution in [1.29, 1.82) is 0 Å². The van der Waals surface area contributed by atoms with Crippen LogP contribution in [0.15, 0.2) is 72.8 Å². The molecule has 2 aliphatic rings. The Morgan fingerprint density at radius 2 is 0.987 bits per heavy atom. The van der Waals surface area contributed by atoms with Crippen LogP contribution in [0.25, 0.3) is 0 Å². The van der Waals surface area contributed by atoms with Gasteiger partial charge in [0.1, 0.15) is 23.7 Å². The summed E-state index contributed by atoms with van der Waals surface area (Å²) >= 11 is 0. The summed E-state index contributed by atoms with van der Waals surface area (Å²) in [7, 11) is 3.30. The van der Waals surface area contributed by atoms with E-state index in [2.05, 4.69) is 26.6 Å². The molecule has 7 amide bonds. The molecule has 0 saturated carbocycles. The first-order chi connectivity index (χ1) is 36.6. The van der Waals surface area contributed by atoms with Gasteiger partial charge in [-0.1, -0.05) is 77.9 Å². The Hall–Kier alpha value is -6.60. The number of carbonyl (C=O) groups excluding carboxylic acids is 8. The first-order valence-corrected chi connectivity index (χ1v) is 27.1. The molecule has 0 aliphatic carbocycles. The molecule has 0 bridgehead atoms. The highest BCUT2D eigenvalue weighted by molar-refractivity contribution is 5.99. The van der Waals surface area contributed by atoms with Crippen molar-refractivity contribution in [3.8, 4) is 0 Å². The third-order valence-corrected chi connectivity index (χ3v) is 15.1. The third-order valence-electron chi connectivity index (χ3n) is 15.1. The smallest absolute Gasteiger partial charge is 0.251 e. The molecule has 0 spiro atoms. The van der Waals surface area contributed by atoms with Crippen molar-refractivity contribution < 1.29 is 47.1 Å². The molecule has 0 unspecified atom stereocenters. The molecular weight excluding hydrogens is 1000 g/mol. The summed E-state index contributed by atoms with van der Waals surface area (Å²) in [6.45, 7) is 18.7. The second-order valence-electron chi connectivity index (χ2n) is 23.3. The molecule has 17 nitrogen and oxygen atoms in total. The lowest BCUT2D eigenvalue weighted by Gasteiger charge is -2.37. The third kappa shape index (κ3) is 17.2. The minimum absolute atomic E-state index is 0.0587. The van der Waals surface area contributed by atoms with Crippen molar-refractivity contribution in [2.45, 2.75) is 144 Å². The summed E-state index contributed by atoms with van der Waals surface area (Å²) in [4.78, 5) is 117. The van der Waals surface area contributed by atoms with Crippen LogP contribution in [0.5, 0.6) is 0 Å². The van der Waals surface area contributed by atoms with Crippen molar-refractivity contribution in [3.05, 3.63) is 107 Å². The largest absolute Gasteiger partial charge is 0.347 e. The molecular formula is C59H83F2N9O8. The maximum atomic E-state index is 14.7. The number of hydrogen-bond donors (Lipinski definition) is 5. The predicted octanol–water partition coefficient (Wildman–Crippen LogP) is 4.91. The molecule has 2 saturated heterocycles. The average Bonchev–Trinajstić information content (AvgIpc) is 4.05. The van der Waals surface area contributed by atoms with Gasteiger partial charge in [-0.15, -0.1) is 0 Å². The molecule has 8 atom stereocenters. The Morgan fingerprint density at radius 1 is 0.590 bits per heavy atom. The van der Waals surface area contributed by atoms with E-state index < -0.39 is 59.0 Å². The molecule has 2 heterocycles. The number of ketones is 1. The molecule has 0 aromatic heterocycles. The maximum absolute atomic E-state index is 14.7. The van der Waals surface area contributed by atoms with Gasteiger partial charge in [0.25, 0.3) is 5.91 Å². The Labute approximate surface area is 459 Å². The minimum atomic E-state index is -0.943. The Bertz CT molecular complexity index is 2410. The standard InChI is InChI=1S/C59H83F2N9O8/c1-36(62-11)53(74)65-51(58(5,6)7)56(77)69-32-42(29-48(69)34-67(38(3)71)27-25-40-13-21-45(60)22-14-40)30-50(73)43-17-19-44(20-18-43)55(76)64-47-31-49(35-68(39(4)72)28-26-41-15-23-46(61)24-16-41)70(33-47)57(78)52(59(8,9)10)66-54(75)37(2)63-12/h13-24,36-37,42,47-49,51-52,62-63H,25-35H2,1-12H3,(H,64,76)(H,65,74)(H,66,75)/t36-,37-,42+,47-,48-,49-,51+,52+/m0/s1. The normalized spacial score (nSPS) is 19.1. The molecule has 3 aromatic carbocycles. The van der Waals surface area contributed by atoms with Crippen molar-refractivity contribution in [2.75, 3.05) is 53.4 Å². The quantitative estimate of drug-likeness (QED) is 0.0811. The van der Waals surface area contributed by atoms with Crippen LogP contribution in [0, 0.1) is 28.4 Å². The van der Waals surface area contributed by atoms with Crippen LogP contribution in [-0.2, 0) is 41.6 Å². The van der Waals surface area contributed by atoms with Crippen LogP contribution in [0.2, 0.25) is 0 Å². The van der Waals surface area contributed by atoms with Gasteiger partial charge in [0.2, 0.25) is 35.4 Å². The molecule has 2 fully saturated rings. The molecule has 3 aromatic rings. The summed E-state index contributed by atoms with van der Waals surface area (Å²) in [5.41, 5.74) is 0.874. The number of rotatable bonds is 23. The molecule has 19 heteroatoms. The second-order valence-corrected chi connectivity index (χ2v) is 23.3. The van der Waals surface area contributed by atoms with Gasteiger partial charge in [0.15, 0.2) is 5.78 Å². The van der Waals surface area contributed by atoms with Crippen LogP contribution < -0.4 is 26.6 Å². The summed E-state index contributed by atoms with van der Waals surface area (Å²) in [6, 6.07) is 13.8. The van der Waals surface area contributed by atoms with Crippen molar-refractivity contribution >= 4 is 47.1 Å². The van der Waals surface area contributed by atoms with Gasteiger partial charge in [-0.05, 0) is 118 Å². The summed E-state index contributed by atoms with van der Waals surface area (Å²) in [5, 5.41) is 14.8. The van der Waals surface area contributed by atoms with Gasteiger partial charge in [-0.25, -0.2) is 8.78 Å². The van der Waals surface area contributed by atoms with E-state index in [1.54, 1.807) is 96.1 Å². The number of carbonyl (C=O) groups is 8. The average molecular weight is 1080 g/mol. The molecule has 78 heavy (non-hydrogen) atoms. The monoisotopic (exact) mass is 1080 g/mol. The zero-order chi connectivity index (χ0) is 57.8. The predicted molar refractivity (Wildman–Crippen MR) is 295 cm³/mol. The SMILES string of the molecule is CN[C@@H](C)C(=O)N[C@H](C(=O)N1C[C@@H](CC(=O)c2ccc(C(=O)N[C@H]3C[C@@H](CN(CCc4ccc(F)cc4)C(C)=O)N(C(=O)[C@@H](NC(=O)[C@H](C)NC)C(C)(C)C)C3)cc2)C[C@H]1CN(CCc1ccc(F)cc1)C(C)=O)C(C)(C)C. The highest BCUT2D eigenvalue weighted by Crippen LogP contribution is 2.32. The van der Waals surface area contributed by atoms with Gasteiger partial charge in [0, 0.05) is 82.7 Å².